The maximum absolute atomic E-state index is 10.6. The van der Waals surface area contributed by atoms with E-state index in [2.05, 4.69) is 0 Å². The predicted molar refractivity (Wildman–Crippen MR) is 48.3 cm³/mol. The smallest absolute Gasteiger partial charge is 0.334 e. The molecule has 0 bridgehead atoms. The molecular weight excluding hydrogens is 172 g/mol. The summed E-state index contributed by atoms with van der Waals surface area (Å²) in [6, 6.07) is 0. The zero-order valence-corrected chi connectivity index (χ0v) is 8.20. The van der Waals surface area contributed by atoms with Gasteiger partial charge in [0.25, 0.3) is 0 Å². The van der Waals surface area contributed by atoms with E-state index in [1.807, 2.05) is 0 Å². The highest BCUT2D eigenvalue weighted by Gasteiger charge is 2.12. The molecule has 0 aromatic heterocycles. The third-order valence-electron chi connectivity index (χ3n) is 1.54. The number of ether oxygens (including phenoxy) is 1. The van der Waals surface area contributed by atoms with E-state index >= 15 is 0 Å². The molecule has 0 heterocycles. The Morgan fingerprint density at radius 2 is 2.08 bits per heavy atom. The lowest BCUT2D eigenvalue weighted by Crippen LogP contribution is -2.10. The molecule has 1 unspecified atom stereocenters. The van der Waals surface area contributed by atoms with Gasteiger partial charge >= 0.3 is 5.97 Å². The molecule has 4 heteroatoms. The average Bonchev–Trinajstić information content (AvgIpc) is 2.01. The number of aliphatic carboxylic acids is 1. The van der Waals surface area contributed by atoms with Gasteiger partial charge in [-0.2, -0.15) is 0 Å². The first kappa shape index (κ1) is 12.0. The summed E-state index contributed by atoms with van der Waals surface area (Å²) in [5.74, 6) is -0.658. The number of carbonyl (C=O) groups is 1. The van der Waals surface area contributed by atoms with Crippen molar-refractivity contribution in [2.45, 2.75) is 33.3 Å². The van der Waals surface area contributed by atoms with Crippen LogP contribution < -0.4 is 0 Å². The summed E-state index contributed by atoms with van der Waals surface area (Å²) < 4.78 is 5.11. The Morgan fingerprint density at radius 3 is 2.38 bits per heavy atom. The van der Waals surface area contributed by atoms with E-state index in [0.29, 0.717) is 12.4 Å². The SMILES string of the molecule is CCOC(CC(C)O)=C(C)C(=O)O. The van der Waals surface area contributed by atoms with Gasteiger partial charge in [-0.3, -0.25) is 0 Å². The fraction of sp³-hybridized carbons (Fsp3) is 0.667. The molecule has 1 atom stereocenters. The van der Waals surface area contributed by atoms with Crippen molar-refractivity contribution in [1.82, 2.24) is 0 Å². The molecule has 0 radical (unpaired) electrons. The number of hydrogen-bond acceptors (Lipinski definition) is 3. The Labute approximate surface area is 77.8 Å². The van der Waals surface area contributed by atoms with Gasteiger partial charge < -0.3 is 14.9 Å². The minimum atomic E-state index is -1.01. The molecular formula is C9H16O4. The first-order chi connectivity index (χ1) is 5.99. The Hall–Kier alpha value is -1.03. The first-order valence-electron chi connectivity index (χ1n) is 4.22. The molecule has 2 N–H and O–H groups in total. The van der Waals surface area contributed by atoms with Crippen LogP contribution in [0.1, 0.15) is 27.2 Å². The lowest BCUT2D eigenvalue weighted by atomic mass is 10.1. The van der Waals surface area contributed by atoms with Gasteiger partial charge in [-0.15, -0.1) is 0 Å². The molecule has 4 nitrogen and oxygen atoms in total. The summed E-state index contributed by atoms with van der Waals surface area (Å²) in [6.45, 7) is 5.24. The molecule has 0 aromatic carbocycles. The third-order valence-corrected chi connectivity index (χ3v) is 1.54. The van der Waals surface area contributed by atoms with E-state index in [1.165, 1.54) is 6.92 Å². The summed E-state index contributed by atoms with van der Waals surface area (Å²) in [5.41, 5.74) is 0.155. The number of rotatable bonds is 5. The van der Waals surface area contributed by atoms with Crippen molar-refractivity contribution in [3.63, 3.8) is 0 Å². The van der Waals surface area contributed by atoms with Crippen LogP contribution in [0.25, 0.3) is 0 Å². The summed E-state index contributed by atoms with van der Waals surface area (Å²) in [6.07, 6.45) is -0.345. The molecule has 0 spiro atoms. The number of carboxylic acids is 1. The Bertz CT molecular complexity index is 206. The van der Waals surface area contributed by atoms with Crippen molar-refractivity contribution in [3.05, 3.63) is 11.3 Å². The van der Waals surface area contributed by atoms with Gasteiger partial charge in [-0.25, -0.2) is 4.79 Å². The Morgan fingerprint density at radius 1 is 1.54 bits per heavy atom. The summed E-state index contributed by atoms with van der Waals surface area (Å²) in [5, 5.41) is 17.7. The van der Waals surface area contributed by atoms with Gasteiger partial charge in [-0.1, -0.05) is 0 Å². The van der Waals surface area contributed by atoms with Gasteiger partial charge in [0.2, 0.25) is 0 Å². The van der Waals surface area contributed by atoms with Crippen LogP contribution in [0.5, 0.6) is 0 Å². The molecule has 76 valence electrons. The van der Waals surface area contributed by atoms with Crippen LogP contribution in [0.2, 0.25) is 0 Å². The van der Waals surface area contributed by atoms with E-state index < -0.39 is 12.1 Å². The quantitative estimate of drug-likeness (QED) is 0.501. The predicted octanol–water partition coefficient (Wildman–Crippen LogP) is 1.15. The van der Waals surface area contributed by atoms with Gasteiger partial charge in [0.1, 0.15) is 5.76 Å². The normalized spacial score (nSPS) is 14.8. The van der Waals surface area contributed by atoms with Crippen LogP contribution in [0.3, 0.4) is 0 Å². The molecule has 0 aliphatic heterocycles. The summed E-state index contributed by atoms with van der Waals surface area (Å²) in [7, 11) is 0. The van der Waals surface area contributed by atoms with E-state index in [4.69, 9.17) is 14.9 Å². The first-order valence-corrected chi connectivity index (χ1v) is 4.22. The largest absolute Gasteiger partial charge is 0.498 e. The molecule has 0 aliphatic rings. The fourth-order valence-electron chi connectivity index (χ4n) is 0.882. The highest BCUT2D eigenvalue weighted by atomic mass is 16.5. The van der Waals surface area contributed by atoms with Crippen molar-refractivity contribution in [3.8, 4) is 0 Å². The zero-order valence-electron chi connectivity index (χ0n) is 8.20. The molecule has 0 amide bonds. The van der Waals surface area contributed by atoms with Gasteiger partial charge in [0, 0.05) is 6.42 Å². The number of aliphatic hydroxyl groups excluding tert-OH is 1. The molecule has 0 saturated carbocycles. The van der Waals surface area contributed by atoms with Crippen molar-refractivity contribution in [2.75, 3.05) is 6.61 Å². The summed E-state index contributed by atoms with van der Waals surface area (Å²) in [4.78, 5) is 10.6. The molecule has 0 rings (SSSR count). The van der Waals surface area contributed by atoms with Crippen LogP contribution in [0, 0.1) is 0 Å². The minimum absolute atomic E-state index is 0.155. The molecule has 0 aromatic rings. The molecule has 0 saturated heterocycles. The zero-order chi connectivity index (χ0) is 10.4. The number of aliphatic hydroxyl groups is 1. The van der Waals surface area contributed by atoms with Crippen LogP contribution in [-0.2, 0) is 9.53 Å². The second-order valence-electron chi connectivity index (χ2n) is 2.84. The van der Waals surface area contributed by atoms with E-state index in [0.717, 1.165) is 0 Å². The molecule has 0 aliphatic carbocycles. The van der Waals surface area contributed by atoms with Crippen LogP contribution >= 0.6 is 0 Å². The lowest BCUT2D eigenvalue weighted by molar-refractivity contribution is -0.132. The van der Waals surface area contributed by atoms with Crippen molar-refractivity contribution in [1.29, 1.82) is 0 Å². The topological polar surface area (TPSA) is 66.8 Å². The van der Waals surface area contributed by atoms with Crippen LogP contribution in [0.15, 0.2) is 11.3 Å². The van der Waals surface area contributed by atoms with Crippen LogP contribution in [0.4, 0.5) is 0 Å². The van der Waals surface area contributed by atoms with Crippen molar-refractivity contribution >= 4 is 5.97 Å². The highest BCUT2D eigenvalue weighted by molar-refractivity contribution is 5.86. The fourth-order valence-corrected chi connectivity index (χ4v) is 0.882. The van der Waals surface area contributed by atoms with Gasteiger partial charge in [0.05, 0.1) is 18.3 Å². The minimum Gasteiger partial charge on any atom is -0.498 e. The Kier molecular flexibility index (Phi) is 5.14. The second-order valence-corrected chi connectivity index (χ2v) is 2.84. The monoisotopic (exact) mass is 188 g/mol. The average molecular weight is 188 g/mol. The van der Waals surface area contributed by atoms with Crippen LogP contribution in [-0.4, -0.2) is 28.9 Å². The Balaban J connectivity index is 4.56. The number of carboxylic acid groups (broad SMARTS) is 1. The van der Waals surface area contributed by atoms with Crippen molar-refractivity contribution < 1.29 is 19.7 Å². The lowest BCUT2D eigenvalue weighted by Gasteiger charge is -2.12. The molecule has 0 fully saturated rings. The van der Waals surface area contributed by atoms with E-state index in [-0.39, 0.29) is 12.0 Å². The van der Waals surface area contributed by atoms with E-state index in [1.54, 1.807) is 13.8 Å². The maximum atomic E-state index is 10.6. The standard InChI is InChI=1S/C9H16O4/c1-4-13-8(5-6(2)10)7(3)9(11)12/h6,10H,4-5H2,1-3H3,(H,11,12). The maximum Gasteiger partial charge on any atom is 0.334 e. The van der Waals surface area contributed by atoms with Crippen molar-refractivity contribution in [2.24, 2.45) is 0 Å². The third kappa shape index (κ3) is 4.52. The van der Waals surface area contributed by atoms with E-state index in [9.17, 15) is 4.79 Å². The molecule has 13 heavy (non-hydrogen) atoms. The number of hydrogen-bond donors (Lipinski definition) is 2. The second kappa shape index (κ2) is 5.59. The van der Waals surface area contributed by atoms with Gasteiger partial charge in [0.15, 0.2) is 0 Å². The summed E-state index contributed by atoms with van der Waals surface area (Å²) >= 11 is 0. The van der Waals surface area contributed by atoms with Gasteiger partial charge in [-0.05, 0) is 20.8 Å². The highest BCUT2D eigenvalue weighted by Crippen LogP contribution is 2.13.